The molecule has 2 rings (SSSR count). The number of nitrogens with one attached hydrogen (secondary N) is 2. The van der Waals surface area contributed by atoms with E-state index in [1.807, 2.05) is 19.1 Å². The van der Waals surface area contributed by atoms with Gasteiger partial charge in [0.25, 0.3) is 0 Å². The van der Waals surface area contributed by atoms with Crippen LogP contribution in [-0.2, 0) is 17.6 Å². The van der Waals surface area contributed by atoms with Gasteiger partial charge in [-0.3, -0.25) is 4.79 Å². The molecule has 0 bridgehead atoms. The SMILES string of the molecule is CCCc1ccc(NC(C)C(=O)NCCc2ccc(F)cc2)cc1. The van der Waals surface area contributed by atoms with Gasteiger partial charge in [0, 0.05) is 12.2 Å². The van der Waals surface area contributed by atoms with Crippen LogP contribution in [0.5, 0.6) is 0 Å². The molecule has 0 aliphatic rings. The normalized spacial score (nSPS) is 11.8. The van der Waals surface area contributed by atoms with E-state index in [2.05, 4.69) is 29.7 Å². The van der Waals surface area contributed by atoms with Gasteiger partial charge in [0.1, 0.15) is 11.9 Å². The lowest BCUT2D eigenvalue weighted by atomic mass is 10.1. The second-order valence-electron chi connectivity index (χ2n) is 5.98. The molecule has 128 valence electrons. The summed E-state index contributed by atoms with van der Waals surface area (Å²) in [6.07, 6.45) is 2.88. The first kappa shape index (κ1) is 18.0. The van der Waals surface area contributed by atoms with Crippen LogP contribution in [-0.4, -0.2) is 18.5 Å². The average molecular weight is 328 g/mol. The Morgan fingerprint density at radius 2 is 1.58 bits per heavy atom. The first-order valence-corrected chi connectivity index (χ1v) is 8.46. The average Bonchev–Trinajstić information content (AvgIpc) is 2.58. The molecule has 4 heteroatoms. The molecule has 24 heavy (non-hydrogen) atoms. The molecule has 0 heterocycles. The van der Waals surface area contributed by atoms with Crippen molar-refractivity contribution in [2.45, 2.75) is 39.2 Å². The van der Waals surface area contributed by atoms with Crippen molar-refractivity contribution in [3.63, 3.8) is 0 Å². The van der Waals surface area contributed by atoms with Gasteiger partial charge in [-0.2, -0.15) is 0 Å². The minimum Gasteiger partial charge on any atom is -0.374 e. The van der Waals surface area contributed by atoms with Crippen molar-refractivity contribution in [1.82, 2.24) is 5.32 Å². The molecular weight excluding hydrogens is 303 g/mol. The van der Waals surface area contributed by atoms with Gasteiger partial charge >= 0.3 is 0 Å². The molecule has 1 unspecified atom stereocenters. The van der Waals surface area contributed by atoms with E-state index in [0.29, 0.717) is 13.0 Å². The largest absolute Gasteiger partial charge is 0.374 e. The van der Waals surface area contributed by atoms with Crippen molar-refractivity contribution in [2.24, 2.45) is 0 Å². The third-order valence-corrected chi connectivity index (χ3v) is 3.90. The van der Waals surface area contributed by atoms with E-state index in [9.17, 15) is 9.18 Å². The summed E-state index contributed by atoms with van der Waals surface area (Å²) in [7, 11) is 0. The fourth-order valence-electron chi connectivity index (χ4n) is 2.51. The zero-order chi connectivity index (χ0) is 17.4. The minimum absolute atomic E-state index is 0.0465. The minimum atomic E-state index is -0.310. The zero-order valence-electron chi connectivity index (χ0n) is 14.3. The van der Waals surface area contributed by atoms with Gasteiger partial charge in [0.2, 0.25) is 5.91 Å². The lowest BCUT2D eigenvalue weighted by Gasteiger charge is -2.15. The highest BCUT2D eigenvalue weighted by molar-refractivity contribution is 5.84. The number of rotatable bonds is 8. The van der Waals surface area contributed by atoms with Crippen LogP contribution < -0.4 is 10.6 Å². The van der Waals surface area contributed by atoms with Crippen LogP contribution in [0.2, 0.25) is 0 Å². The van der Waals surface area contributed by atoms with Crippen LogP contribution in [0.15, 0.2) is 48.5 Å². The summed E-state index contributed by atoms with van der Waals surface area (Å²) < 4.78 is 12.8. The monoisotopic (exact) mass is 328 g/mol. The molecule has 0 spiro atoms. The van der Waals surface area contributed by atoms with Gasteiger partial charge in [0.15, 0.2) is 0 Å². The summed E-state index contributed by atoms with van der Waals surface area (Å²) in [5.41, 5.74) is 3.25. The van der Waals surface area contributed by atoms with Crippen LogP contribution in [0.4, 0.5) is 10.1 Å². The molecule has 2 aromatic rings. The van der Waals surface area contributed by atoms with Crippen molar-refractivity contribution in [2.75, 3.05) is 11.9 Å². The summed E-state index contributed by atoms with van der Waals surface area (Å²) in [6.45, 7) is 4.53. The summed E-state index contributed by atoms with van der Waals surface area (Å²) in [5.74, 6) is -0.291. The van der Waals surface area contributed by atoms with E-state index in [4.69, 9.17) is 0 Å². The summed E-state index contributed by atoms with van der Waals surface area (Å²) in [5, 5.41) is 6.11. The number of carbonyl (C=O) groups excluding carboxylic acids is 1. The molecule has 2 aromatic carbocycles. The van der Waals surface area contributed by atoms with Crippen LogP contribution in [0.25, 0.3) is 0 Å². The van der Waals surface area contributed by atoms with Crippen molar-refractivity contribution in [3.8, 4) is 0 Å². The summed E-state index contributed by atoms with van der Waals surface area (Å²) in [6, 6.07) is 14.2. The predicted octanol–water partition coefficient (Wildman–Crippen LogP) is 3.94. The highest BCUT2D eigenvalue weighted by atomic mass is 19.1. The van der Waals surface area contributed by atoms with Gasteiger partial charge < -0.3 is 10.6 Å². The molecule has 0 saturated carbocycles. The Bertz CT molecular complexity index is 638. The van der Waals surface area contributed by atoms with Crippen molar-refractivity contribution in [1.29, 1.82) is 0 Å². The van der Waals surface area contributed by atoms with E-state index >= 15 is 0 Å². The van der Waals surface area contributed by atoms with E-state index < -0.39 is 0 Å². The first-order chi connectivity index (χ1) is 11.6. The van der Waals surface area contributed by atoms with Gasteiger partial charge in [-0.25, -0.2) is 4.39 Å². The Labute approximate surface area is 143 Å². The molecule has 0 aromatic heterocycles. The van der Waals surface area contributed by atoms with Gasteiger partial charge in [-0.1, -0.05) is 37.6 Å². The first-order valence-electron chi connectivity index (χ1n) is 8.46. The fourth-order valence-corrected chi connectivity index (χ4v) is 2.51. The Kier molecular flexibility index (Phi) is 6.79. The maximum absolute atomic E-state index is 12.8. The highest BCUT2D eigenvalue weighted by Gasteiger charge is 2.11. The maximum atomic E-state index is 12.8. The number of hydrogen-bond donors (Lipinski definition) is 2. The van der Waals surface area contributed by atoms with E-state index in [0.717, 1.165) is 24.1 Å². The topological polar surface area (TPSA) is 41.1 Å². The van der Waals surface area contributed by atoms with Crippen LogP contribution >= 0.6 is 0 Å². The quantitative estimate of drug-likeness (QED) is 0.771. The van der Waals surface area contributed by atoms with Crippen LogP contribution in [0.3, 0.4) is 0 Å². The number of amides is 1. The van der Waals surface area contributed by atoms with Gasteiger partial charge in [0.05, 0.1) is 0 Å². The number of hydrogen-bond acceptors (Lipinski definition) is 2. The number of anilines is 1. The van der Waals surface area contributed by atoms with Crippen molar-refractivity contribution < 1.29 is 9.18 Å². The Balaban J connectivity index is 1.76. The number of benzene rings is 2. The second-order valence-corrected chi connectivity index (χ2v) is 5.98. The maximum Gasteiger partial charge on any atom is 0.242 e. The molecule has 0 radical (unpaired) electrons. The lowest BCUT2D eigenvalue weighted by Crippen LogP contribution is -2.38. The standard InChI is InChI=1S/C20H25FN2O/c1-3-4-16-7-11-19(12-8-16)23-15(2)20(24)22-14-13-17-5-9-18(21)10-6-17/h5-12,15,23H,3-4,13-14H2,1-2H3,(H,22,24). The van der Waals surface area contributed by atoms with Crippen molar-refractivity contribution >= 4 is 11.6 Å². The second kappa shape index (κ2) is 9.06. The molecule has 0 aliphatic carbocycles. The number of carbonyl (C=O) groups is 1. The van der Waals surface area contributed by atoms with Crippen LogP contribution in [0.1, 0.15) is 31.4 Å². The van der Waals surface area contributed by atoms with E-state index in [1.54, 1.807) is 12.1 Å². The molecule has 0 saturated heterocycles. The Hall–Kier alpha value is -2.36. The smallest absolute Gasteiger partial charge is 0.242 e. The van der Waals surface area contributed by atoms with Gasteiger partial charge in [-0.05, 0) is 55.2 Å². The molecule has 0 aliphatic heterocycles. The van der Waals surface area contributed by atoms with E-state index in [-0.39, 0.29) is 17.8 Å². The molecule has 2 N–H and O–H groups in total. The number of halogens is 1. The zero-order valence-corrected chi connectivity index (χ0v) is 14.3. The Morgan fingerprint density at radius 3 is 2.21 bits per heavy atom. The summed E-state index contributed by atoms with van der Waals surface area (Å²) >= 11 is 0. The van der Waals surface area contributed by atoms with Crippen molar-refractivity contribution in [3.05, 3.63) is 65.5 Å². The Morgan fingerprint density at radius 1 is 1.00 bits per heavy atom. The van der Waals surface area contributed by atoms with Gasteiger partial charge in [-0.15, -0.1) is 0 Å². The third kappa shape index (κ3) is 5.69. The number of aryl methyl sites for hydroxylation is 1. The van der Waals surface area contributed by atoms with E-state index in [1.165, 1.54) is 17.7 Å². The molecular formula is C20H25FN2O. The highest BCUT2D eigenvalue weighted by Crippen LogP contribution is 2.12. The molecule has 0 fully saturated rings. The molecule has 1 amide bonds. The fraction of sp³-hybridized carbons (Fsp3) is 0.350. The summed E-state index contributed by atoms with van der Waals surface area (Å²) in [4.78, 5) is 12.1. The predicted molar refractivity (Wildman–Crippen MR) is 96.6 cm³/mol. The molecule has 1 atom stereocenters. The lowest BCUT2D eigenvalue weighted by molar-refractivity contribution is -0.121. The van der Waals surface area contributed by atoms with Crippen LogP contribution in [0, 0.1) is 5.82 Å². The third-order valence-electron chi connectivity index (χ3n) is 3.90. The molecule has 3 nitrogen and oxygen atoms in total.